The normalized spacial score (nSPS) is 21.3. The maximum atomic E-state index is 14.8. The molecule has 0 spiro atoms. The highest BCUT2D eigenvalue weighted by Gasteiger charge is 2.33. The van der Waals surface area contributed by atoms with Crippen molar-refractivity contribution in [2.75, 3.05) is 6.54 Å². The molecule has 1 aromatic carbocycles. The first-order valence-electron chi connectivity index (χ1n) is 11.1. The third kappa shape index (κ3) is 6.26. The Hall–Kier alpha value is -2.13. The van der Waals surface area contributed by atoms with Crippen molar-refractivity contribution >= 4 is 17.5 Å². The smallest absolute Gasteiger partial charge is 0.388 e. The van der Waals surface area contributed by atoms with E-state index in [1.807, 2.05) is 0 Å². The van der Waals surface area contributed by atoms with Crippen LogP contribution in [0.2, 0.25) is 5.15 Å². The molecule has 0 bridgehead atoms. The Morgan fingerprint density at radius 1 is 1.33 bits per heavy atom. The molecule has 0 radical (unpaired) electrons. The molecule has 10 heteroatoms. The van der Waals surface area contributed by atoms with Gasteiger partial charge in [0.2, 0.25) is 0 Å². The van der Waals surface area contributed by atoms with Crippen LogP contribution in [-0.4, -0.2) is 38.9 Å². The number of carbonyl (C=O) groups excluding carboxylic acids is 1. The van der Waals surface area contributed by atoms with Gasteiger partial charge < -0.3 is 10.4 Å². The number of nitrogens with one attached hydrogen (secondary N) is 1. The summed E-state index contributed by atoms with van der Waals surface area (Å²) >= 11 is 6.41. The van der Waals surface area contributed by atoms with Gasteiger partial charge in [0.1, 0.15) is 16.8 Å². The quantitative estimate of drug-likeness (QED) is 0.512. The van der Waals surface area contributed by atoms with Crippen LogP contribution in [0.15, 0.2) is 18.2 Å². The number of alkyl halides is 3. The van der Waals surface area contributed by atoms with Gasteiger partial charge in [0.15, 0.2) is 5.69 Å². The molecule has 1 heterocycles. The van der Waals surface area contributed by atoms with E-state index in [1.165, 1.54) is 16.7 Å². The maximum Gasteiger partial charge on any atom is 0.389 e. The first kappa shape index (κ1) is 25.5. The van der Waals surface area contributed by atoms with Crippen LogP contribution in [0.3, 0.4) is 0 Å². The number of hydrogen-bond acceptors (Lipinski definition) is 3. The summed E-state index contributed by atoms with van der Waals surface area (Å²) in [6.07, 6.45) is -2.46. The molecule has 0 unspecified atom stereocenters. The number of nitrogens with zero attached hydrogens (tertiary/aromatic N) is 2. The number of imidazole rings is 1. The lowest BCUT2D eigenvalue weighted by atomic mass is 9.79. The predicted molar refractivity (Wildman–Crippen MR) is 117 cm³/mol. The monoisotopic (exact) mass is 489 g/mol. The van der Waals surface area contributed by atoms with Crippen LogP contribution < -0.4 is 5.32 Å². The fraction of sp³-hybridized carbons (Fsp3) is 0.565. The number of rotatable bonds is 7. The van der Waals surface area contributed by atoms with Crippen molar-refractivity contribution in [3.8, 4) is 5.69 Å². The Morgan fingerprint density at radius 3 is 2.58 bits per heavy atom. The summed E-state index contributed by atoms with van der Waals surface area (Å²) < 4.78 is 53.5. The van der Waals surface area contributed by atoms with Gasteiger partial charge in [-0.2, -0.15) is 13.2 Å². The molecule has 0 aliphatic heterocycles. The zero-order valence-electron chi connectivity index (χ0n) is 18.6. The molecule has 1 aromatic heterocycles. The summed E-state index contributed by atoms with van der Waals surface area (Å²) in [5, 5.41) is 13.3. The van der Waals surface area contributed by atoms with Crippen LogP contribution in [-0.2, 0) is 12.8 Å². The fourth-order valence-corrected chi connectivity index (χ4v) is 4.37. The number of aromatic nitrogens is 2. The van der Waals surface area contributed by atoms with E-state index in [2.05, 4.69) is 17.2 Å². The van der Waals surface area contributed by atoms with E-state index in [-0.39, 0.29) is 35.1 Å². The number of carbonyl (C=O) groups is 1. The van der Waals surface area contributed by atoms with Gasteiger partial charge in [-0.25, -0.2) is 9.37 Å². The van der Waals surface area contributed by atoms with Crippen molar-refractivity contribution in [1.82, 2.24) is 14.9 Å². The summed E-state index contributed by atoms with van der Waals surface area (Å²) in [7, 11) is 0. The predicted octanol–water partition coefficient (Wildman–Crippen LogP) is 5.39. The highest BCUT2D eigenvalue weighted by molar-refractivity contribution is 6.32. The molecule has 182 valence electrons. The molecule has 2 aromatic rings. The van der Waals surface area contributed by atoms with Crippen LogP contribution in [0.4, 0.5) is 17.6 Å². The molecule has 33 heavy (non-hydrogen) atoms. The third-order valence-corrected chi connectivity index (χ3v) is 6.50. The highest BCUT2D eigenvalue weighted by atomic mass is 35.5. The summed E-state index contributed by atoms with van der Waals surface area (Å²) in [6, 6.07) is 3.77. The number of halogens is 5. The van der Waals surface area contributed by atoms with Gasteiger partial charge in [-0.15, -0.1) is 0 Å². The van der Waals surface area contributed by atoms with Crippen LogP contribution >= 0.6 is 11.6 Å². The van der Waals surface area contributed by atoms with E-state index in [1.54, 1.807) is 6.92 Å². The minimum absolute atomic E-state index is 0.000875. The largest absolute Gasteiger partial charge is 0.389 e. The molecule has 0 atom stereocenters. The molecule has 1 amide bonds. The van der Waals surface area contributed by atoms with E-state index in [0.717, 1.165) is 18.9 Å². The lowest BCUT2D eigenvalue weighted by Crippen LogP contribution is -2.45. The van der Waals surface area contributed by atoms with Gasteiger partial charge in [0.05, 0.1) is 11.3 Å². The average Bonchev–Trinajstić information content (AvgIpc) is 3.09. The van der Waals surface area contributed by atoms with Crippen LogP contribution in [0.25, 0.3) is 5.69 Å². The summed E-state index contributed by atoms with van der Waals surface area (Å²) in [6.45, 7) is 3.95. The third-order valence-electron chi connectivity index (χ3n) is 6.16. The second-order valence-electron chi connectivity index (χ2n) is 8.85. The Bertz CT molecular complexity index is 998. The Labute approximate surface area is 195 Å². The van der Waals surface area contributed by atoms with Gasteiger partial charge >= 0.3 is 6.18 Å². The van der Waals surface area contributed by atoms with E-state index in [4.69, 9.17) is 11.6 Å². The standard InChI is InChI=1S/C23H28ClF4N3O2/c1-3-18-30-19(21(32)29-13-22(33)9-6-14(2)7-10-22)20(24)31(18)17-5-4-15(12-16(17)25)8-11-23(26,27)28/h4-5,12,14,33H,3,6-11,13H2,1-2H3,(H,29,32). The molecule has 0 saturated heterocycles. The minimum Gasteiger partial charge on any atom is -0.388 e. The first-order valence-corrected chi connectivity index (χ1v) is 11.4. The molecule has 3 rings (SSSR count). The molecule has 1 fully saturated rings. The van der Waals surface area contributed by atoms with E-state index in [0.29, 0.717) is 31.0 Å². The average molecular weight is 490 g/mol. The van der Waals surface area contributed by atoms with Gasteiger partial charge in [0, 0.05) is 19.4 Å². The number of aryl methyl sites for hydroxylation is 2. The number of benzene rings is 1. The lowest BCUT2D eigenvalue weighted by Gasteiger charge is -2.34. The van der Waals surface area contributed by atoms with Gasteiger partial charge in [-0.05, 0) is 55.7 Å². The van der Waals surface area contributed by atoms with Crippen molar-refractivity contribution in [2.24, 2.45) is 5.92 Å². The Balaban J connectivity index is 1.79. The van der Waals surface area contributed by atoms with Crippen LogP contribution in [0.5, 0.6) is 0 Å². The Kier molecular flexibility index (Phi) is 7.73. The van der Waals surface area contributed by atoms with Crippen molar-refractivity contribution in [2.45, 2.75) is 70.6 Å². The van der Waals surface area contributed by atoms with Gasteiger partial charge in [0.25, 0.3) is 5.91 Å². The lowest BCUT2D eigenvalue weighted by molar-refractivity contribution is -0.134. The first-order chi connectivity index (χ1) is 15.4. The van der Waals surface area contributed by atoms with E-state index in [9.17, 15) is 27.5 Å². The second kappa shape index (κ2) is 10.0. The molecular weight excluding hydrogens is 462 g/mol. The SMILES string of the molecule is CCc1nc(C(=O)NCC2(O)CCC(C)CC2)c(Cl)n1-c1ccc(CCC(F)(F)F)cc1F. The molecular formula is C23H28ClF4N3O2. The number of hydrogen-bond donors (Lipinski definition) is 2. The number of amides is 1. The van der Waals surface area contributed by atoms with Crippen molar-refractivity contribution in [3.63, 3.8) is 0 Å². The van der Waals surface area contributed by atoms with Crippen LogP contribution in [0, 0.1) is 11.7 Å². The molecule has 1 aliphatic carbocycles. The number of aliphatic hydroxyl groups is 1. The maximum absolute atomic E-state index is 14.8. The van der Waals surface area contributed by atoms with E-state index < -0.39 is 29.9 Å². The van der Waals surface area contributed by atoms with Crippen LogP contribution in [0.1, 0.15) is 67.8 Å². The van der Waals surface area contributed by atoms with Gasteiger partial charge in [-0.1, -0.05) is 31.5 Å². The van der Waals surface area contributed by atoms with E-state index >= 15 is 0 Å². The fourth-order valence-electron chi connectivity index (χ4n) is 4.05. The topological polar surface area (TPSA) is 67.2 Å². The summed E-state index contributed by atoms with van der Waals surface area (Å²) in [4.78, 5) is 17.0. The molecule has 1 aliphatic rings. The second-order valence-corrected chi connectivity index (χ2v) is 9.20. The Morgan fingerprint density at radius 2 is 2.00 bits per heavy atom. The zero-order valence-corrected chi connectivity index (χ0v) is 19.4. The summed E-state index contributed by atoms with van der Waals surface area (Å²) in [5.74, 6) is -0.478. The van der Waals surface area contributed by atoms with Crippen molar-refractivity contribution in [1.29, 1.82) is 0 Å². The zero-order chi connectivity index (χ0) is 24.4. The van der Waals surface area contributed by atoms with Crippen molar-refractivity contribution < 1.29 is 27.5 Å². The molecule has 1 saturated carbocycles. The van der Waals surface area contributed by atoms with Crippen molar-refractivity contribution in [3.05, 3.63) is 46.3 Å². The van der Waals surface area contributed by atoms with Gasteiger partial charge in [-0.3, -0.25) is 9.36 Å². The minimum atomic E-state index is -4.33. The molecule has 5 nitrogen and oxygen atoms in total. The highest BCUT2D eigenvalue weighted by Crippen LogP contribution is 2.32. The summed E-state index contributed by atoms with van der Waals surface area (Å²) in [5.41, 5.74) is -0.875. The molecule has 2 N–H and O–H groups in total.